The molecule has 0 bridgehead atoms. The number of rotatable bonds is 3. The van der Waals surface area contributed by atoms with E-state index in [2.05, 4.69) is 6.08 Å². The summed E-state index contributed by atoms with van der Waals surface area (Å²) in [6.07, 6.45) is 2.94. The molecule has 17 heavy (non-hydrogen) atoms. The lowest BCUT2D eigenvalue weighted by Gasteiger charge is -2.26. The predicted molar refractivity (Wildman–Crippen MR) is 69.2 cm³/mol. The maximum Gasteiger partial charge on any atom is 0.266 e. The molecule has 0 aliphatic carbocycles. The first-order chi connectivity index (χ1) is 8.22. The van der Waals surface area contributed by atoms with Crippen LogP contribution in [0.2, 0.25) is 0 Å². The molecule has 2 rings (SSSR count). The van der Waals surface area contributed by atoms with E-state index in [-0.39, 0.29) is 5.91 Å². The van der Waals surface area contributed by atoms with Crippen LogP contribution in [0, 0.1) is 0 Å². The Morgan fingerprint density at radius 1 is 1.65 bits per heavy atom. The van der Waals surface area contributed by atoms with Gasteiger partial charge in [-0.3, -0.25) is 4.79 Å². The second-order valence-corrected chi connectivity index (χ2v) is 4.92. The topological polar surface area (TPSA) is 55.6 Å². The van der Waals surface area contributed by atoms with Crippen LogP contribution >= 0.6 is 11.3 Å². The zero-order valence-electron chi connectivity index (χ0n) is 9.81. The molecule has 4 nitrogen and oxygen atoms in total. The van der Waals surface area contributed by atoms with Gasteiger partial charge in [-0.2, -0.15) is 0 Å². The van der Waals surface area contributed by atoms with E-state index in [0.29, 0.717) is 23.7 Å². The minimum Gasteiger partial charge on any atom is -0.397 e. The van der Waals surface area contributed by atoms with Gasteiger partial charge in [0.2, 0.25) is 0 Å². The first-order valence-corrected chi connectivity index (χ1v) is 6.39. The Balaban J connectivity index is 2.02. The van der Waals surface area contributed by atoms with Gasteiger partial charge in [-0.05, 0) is 23.4 Å². The quantitative estimate of drug-likeness (QED) is 0.834. The molecule has 2 heterocycles. The fraction of sp³-hybridized carbons (Fsp3) is 0.417. The number of nitrogens with zero attached hydrogens (tertiary/aromatic N) is 1. The lowest BCUT2D eigenvalue weighted by atomic mass is 10.1. The second kappa shape index (κ2) is 5.33. The first-order valence-electron chi connectivity index (χ1n) is 5.51. The number of methoxy groups -OCH3 is 1. The normalized spacial score (nSPS) is 15.8. The van der Waals surface area contributed by atoms with E-state index in [9.17, 15) is 4.79 Å². The van der Waals surface area contributed by atoms with E-state index < -0.39 is 0 Å². The van der Waals surface area contributed by atoms with Gasteiger partial charge in [0.25, 0.3) is 5.91 Å². The number of carbonyl (C=O) groups is 1. The fourth-order valence-corrected chi connectivity index (χ4v) is 2.63. The Labute approximate surface area is 105 Å². The molecule has 0 aromatic carbocycles. The van der Waals surface area contributed by atoms with Crippen LogP contribution in [0.15, 0.2) is 23.1 Å². The van der Waals surface area contributed by atoms with Gasteiger partial charge in [-0.25, -0.2) is 0 Å². The van der Waals surface area contributed by atoms with Crippen LogP contribution in [0.1, 0.15) is 16.1 Å². The zero-order chi connectivity index (χ0) is 12.3. The third kappa shape index (κ3) is 2.68. The summed E-state index contributed by atoms with van der Waals surface area (Å²) in [5.74, 6) is 0.0326. The predicted octanol–water partition coefficient (Wildman–Crippen LogP) is 1.75. The van der Waals surface area contributed by atoms with E-state index in [0.717, 1.165) is 13.0 Å². The molecule has 1 aliphatic heterocycles. The van der Waals surface area contributed by atoms with Gasteiger partial charge >= 0.3 is 0 Å². The van der Waals surface area contributed by atoms with Crippen molar-refractivity contribution in [3.63, 3.8) is 0 Å². The molecule has 0 saturated heterocycles. The van der Waals surface area contributed by atoms with E-state index in [1.54, 1.807) is 13.2 Å². The molecule has 0 spiro atoms. The minimum atomic E-state index is 0.0326. The van der Waals surface area contributed by atoms with E-state index >= 15 is 0 Å². The van der Waals surface area contributed by atoms with Gasteiger partial charge in [-0.15, -0.1) is 11.3 Å². The molecule has 1 amide bonds. The monoisotopic (exact) mass is 252 g/mol. The Kier molecular flexibility index (Phi) is 3.81. The summed E-state index contributed by atoms with van der Waals surface area (Å²) in [6, 6.07) is 1.77. The van der Waals surface area contributed by atoms with Crippen LogP contribution in [0.25, 0.3) is 0 Å². The number of hydrogen-bond donors (Lipinski definition) is 1. The molecule has 0 atom stereocenters. The number of anilines is 1. The fourth-order valence-electron chi connectivity index (χ4n) is 1.85. The highest BCUT2D eigenvalue weighted by molar-refractivity contribution is 7.12. The number of thiophene rings is 1. The highest BCUT2D eigenvalue weighted by Crippen LogP contribution is 2.22. The zero-order valence-corrected chi connectivity index (χ0v) is 10.6. The van der Waals surface area contributed by atoms with Crippen LogP contribution in [0.4, 0.5) is 5.69 Å². The lowest BCUT2D eigenvalue weighted by Crippen LogP contribution is -2.35. The third-order valence-electron chi connectivity index (χ3n) is 2.81. The van der Waals surface area contributed by atoms with E-state index in [1.807, 2.05) is 10.3 Å². The van der Waals surface area contributed by atoms with E-state index in [1.165, 1.54) is 16.9 Å². The molecule has 0 unspecified atom stereocenters. The number of hydrogen-bond acceptors (Lipinski definition) is 4. The van der Waals surface area contributed by atoms with Crippen molar-refractivity contribution in [2.24, 2.45) is 0 Å². The van der Waals surface area contributed by atoms with Crippen molar-refractivity contribution in [3.8, 4) is 0 Å². The van der Waals surface area contributed by atoms with Gasteiger partial charge in [-0.1, -0.05) is 6.08 Å². The summed E-state index contributed by atoms with van der Waals surface area (Å²) in [5, 5.41) is 1.85. The number of carbonyl (C=O) groups excluding carboxylic acids is 1. The van der Waals surface area contributed by atoms with Crippen molar-refractivity contribution in [2.45, 2.75) is 6.42 Å². The maximum atomic E-state index is 12.1. The smallest absolute Gasteiger partial charge is 0.266 e. The van der Waals surface area contributed by atoms with Crippen LogP contribution in [0.5, 0.6) is 0 Å². The van der Waals surface area contributed by atoms with Crippen LogP contribution < -0.4 is 5.73 Å². The number of ether oxygens (including phenoxy) is 1. The molecule has 0 fully saturated rings. The third-order valence-corrected chi connectivity index (χ3v) is 3.73. The molecular weight excluding hydrogens is 236 g/mol. The Hall–Kier alpha value is -1.33. The molecule has 1 aromatic rings. The Bertz CT molecular complexity index is 439. The summed E-state index contributed by atoms with van der Waals surface area (Å²) in [5.41, 5.74) is 7.59. The number of nitrogens with two attached hydrogens (primary N) is 1. The van der Waals surface area contributed by atoms with Crippen molar-refractivity contribution in [1.82, 2.24) is 4.90 Å². The molecular formula is C12H16N2O2S. The summed E-state index contributed by atoms with van der Waals surface area (Å²) >= 11 is 1.40. The summed E-state index contributed by atoms with van der Waals surface area (Å²) in [6.45, 7) is 2.05. The molecule has 0 saturated carbocycles. The first kappa shape index (κ1) is 12.1. The van der Waals surface area contributed by atoms with Crippen molar-refractivity contribution < 1.29 is 9.53 Å². The highest BCUT2D eigenvalue weighted by Gasteiger charge is 2.21. The van der Waals surface area contributed by atoms with Gasteiger partial charge in [0.05, 0.1) is 12.3 Å². The van der Waals surface area contributed by atoms with Crippen LogP contribution in [0.3, 0.4) is 0 Å². The molecule has 5 heteroatoms. The number of amides is 1. The Morgan fingerprint density at radius 3 is 3.00 bits per heavy atom. The van der Waals surface area contributed by atoms with E-state index in [4.69, 9.17) is 10.5 Å². The molecule has 0 radical (unpaired) electrons. The van der Waals surface area contributed by atoms with Crippen molar-refractivity contribution in [2.75, 3.05) is 32.5 Å². The summed E-state index contributed by atoms with van der Waals surface area (Å²) < 4.78 is 5.08. The van der Waals surface area contributed by atoms with Gasteiger partial charge in [0, 0.05) is 20.2 Å². The average molecular weight is 252 g/mol. The molecule has 92 valence electrons. The minimum absolute atomic E-state index is 0.0326. The summed E-state index contributed by atoms with van der Waals surface area (Å²) in [4.78, 5) is 14.6. The number of nitrogen functional groups attached to an aromatic ring is 1. The van der Waals surface area contributed by atoms with Crippen LogP contribution in [-0.4, -0.2) is 37.6 Å². The van der Waals surface area contributed by atoms with Gasteiger partial charge in [0.15, 0.2) is 0 Å². The lowest BCUT2D eigenvalue weighted by molar-refractivity contribution is 0.0770. The second-order valence-electron chi connectivity index (χ2n) is 4.00. The standard InChI is InChI=1S/C12H16N2O2S/c1-16-8-9-2-5-14(6-3-9)12(15)11-10(13)4-7-17-11/h2,4,7H,3,5-6,8,13H2,1H3. The summed E-state index contributed by atoms with van der Waals surface area (Å²) in [7, 11) is 1.69. The average Bonchev–Trinajstić information content (AvgIpc) is 2.76. The van der Waals surface area contributed by atoms with Gasteiger partial charge < -0.3 is 15.4 Å². The SMILES string of the molecule is COCC1=CCN(C(=O)c2sccc2N)CC1. The van der Waals surface area contributed by atoms with Crippen molar-refractivity contribution in [3.05, 3.63) is 28.0 Å². The molecule has 1 aliphatic rings. The van der Waals surface area contributed by atoms with Crippen LogP contribution in [-0.2, 0) is 4.74 Å². The molecule has 1 aromatic heterocycles. The largest absolute Gasteiger partial charge is 0.397 e. The van der Waals surface area contributed by atoms with Crippen molar-refractivity contribution >= 4 is 22.9 Å². The maximum absolute atomic E-state index is 12.1. The van der Waals surface area contributed by atoms with Gasteiger partial charge in [0.1, 0.15) is 4.88 Å². The Morgan fingerprint density at radius 2 is 2.47 bits per heavy atom. The van der Waals surface area contributed by atoms with Crippen molar-refractivity contribution in [1.29, 1.82) is 0 Å². The highest BCUT2D eigenvalue weighted by atomic mass is 32.1. The molecule has 2 N–H and O–H groups in total.